The van der Waals surface area contributed by atoms with Crippen molar-refractivity contribution in [3.05, 3.63) is 18.0 Å². The second-order valence-corrected chi connectivity index (χ2v) is 2.34. The summed E-state index contributed by atoms with van der Waals surface area (Å²) in [4.78, 5) is 0. The average molecular weight is 139 g/mol. The van der Waals surface area contributed by atoms with Crippen LogP contribution in [0.1, 0.15) is 12.1 Å². The molecule has 1 aromatic rings. The summed E-state index contributed by atoms with van der Waals surface area (Å²) < 4.78 is 1.97. The van der Waals surface area contributed by atoms with Crippen LogP contribution in [0, 0.1) is 6.92 Å². The standard InChI is InChI=1S/C7H13N3/c1-7-3-5-9-10(7)6-2-4-8/h3,5H,2,4,6,8H2,1H3. The number of aromatic nitrogens is 2. The van der Waals surface area contributed by atoms with Crippen molar-refractivity contribution < 1.29 is 0 Å². The summed E-state index contributed by atoms with van der Waals surface area (Å²) in [6, 6.07) is 2.00. The Labute approximate surface area is 60.8 Å². The Balaban J connectivity index is 2.49. The Kier molecular flexibility index (Phi) is 2.45. The Morgan fingerprint density at radius 3 is 3.00 bits per heavy atom. The molecule has 56 valence electrons. The average Bonchev–Trinajstić information content (AvgIpc) is 2.31. The van der Waals surface area contributed by atoms with E-state index in [0.717, 1.165) is 19.5 Å². The van der Waals surface area contributed by atoms with Crippen LogP contribution < -0.4 is 5.73 Å². The minimum Gasteiger partial charge on any atom is -0.330 e. The summed E-state index contributed by atoms with van der Waals surface area (Å²) >= 11 is 0. The van der Waals surface area contributed by atoms with Gasteiger partial charge < -0.3 is 5.73 Å². The summed E-state index contributed by atoms with van der Waals surface area (Å²) in [6.07, 6.45) is 2.81. The lowest BCUT2D eigenvalue weighted by molar-refractivity contribution is 0.571. The largest absolute Gasteiger partial charge is 0.330 e. The zero-order valence-electron chi connectivity index (χ0n) is 6.25. The van der Waals surface area contributed by atoms with Gasteiger partial charge in [-0.2, -0.15) is 5.10 Å². The second-order valence-electron chi connectivity index (χ2n) is 2.34. The van der Waals surface area contributed by atoms with Gasteiger partial charge in [0, 0.05) is 18.4 Å². The van der Waals surface area contributed by atoms with E-state index >= 15 is 0 Å². The first-order chi connectivity index (χ1) is 4.84. The van der Waals surface area contributed by atoms with Gasteiger partial charge in [-0.15, -0.1) is 0 Å². The summed E-state index contributed by atoms with van der Waals surface area (Å²) in [6.45, 7) is 3.72. The Morgan fingerprint density at radius 2 is 2.50 bits per heavy atom. The molecular weight excluding hydrogens is 126 g/mol. The second kappa shape index (κ2) is 3.37. The highest BCUT2D eigenvalue weighted by atomic mass is 15.3. The van der Waals surface area contributed by atoms with E-state index in [4.69, 9.17) is 5.73 Å². The van der Waals surface area contributed by atoms with E-state index in [1.54, 1.807) is 0 Å². The molecule has 0 atom stereocenters. The van der Waals surface area contributed by atoms with Crippen LogP contribution in [0.3, 0.4) is 0 Å². The lowest BCUT2D eigenvalue weighted by atomic mass is 10.4. The number of hydrogen-bond acceptors (Lipinski definition) is 2. The minimum absolute atomic E-state index is 0.735. The van der Waals surface area contributed by atoms with Crippen molar-refractivity contribution in [1.29, 1.82) is 0 Å². The fourth-order valence-corrected chi connectivity index (χ4v) is 0.874. The topological polar surface area (TPSA) is 43.8 Å². The van der Waals surface area contributed by atoms with Crippen molar-refractivity contribution in [1.82, 2.24) is 9.78 Å². The van der Waals surface area contributed by atoms with Crippen LogP contribution in [0.5, 0.6) is 0 Å². The van der Waals surface area contributed by atoms with E-state index < -0.39 is 0 Å². The predicted molar refractivity (Wildman–Crippen MR) is 40.6 cm³/mol. The van der Waals surface area contributed by atoms with E-state index in [2.05, 4.69) is 5.10 Å². The van der Waals surface area contributed by atoms with Gasteiger partial charge in [-0.25, -0.2) is 0 Å². The Hall–Kier alpha value is -0.830. The first-order valence-electron chi connectivity index (χ1n) is 3.53. The van der Waals surface area contributed by atoms with Crippen LogP contribution in [0.15, 0.2) is 12.3 Å². The van der Waals surface area contributed by atoms with Crippen LogP contribution in [-0.2, 0) is 6.54 Å². The lowest BCUT2D eigenvalue weighted by Gasteiger charge is -2.00. The Bertz CT molecular complexity index is 192. The summed E-state index contributed by atoms with van der Waals surface area (Å²) in [7, 11) is 0. The quantitative estimate of drug-likeness (QED) is 0.664. The van der Waals surface area contributed by atoms with Crippen molar-refractivity contribution >= 4 is 0 Å². The van der Waals surface area contributed by atoms with E-state index in [1.807, 2.05) is 23.9 Å². The molecule has 1 rings (SSSR count). The monoisotopic (exact) mass is 139 g/mol. The van der Waals surface area contributed by atoms with Crippen LogP contribution in [0.2, 0.25) is 0 Å². The zero-order chi connectivity index (χ0) is 7.40. The van der Waals surface area contributed by atoms with E-state index in [1.165, 1.54) is 5.69 Å². The molecule has 0 saturated carbocycles. The molecule has 0 radical (unpaired) electrons. The molecule has 1 aromatic heterocycles. The molecule has 0 saturated heterocycles. The normalized spacial score (nSPS) is 10.2. The van der Waals surface area contributed by atoms with E-state index in [-0.39, 0.29) is 0 Å². The molecule has 0 fully saturated rings. The third kappa shape index (κ3) is 1.57. The van der Waals surface area contributed by atoms with Gasteiger partial charge in [-0.05, 0) is 26.0 Å². The smallest absolute Gasteiger partial charge is 0.0492 e. The minimum atomic E-state index is 0.735. The van der Waals surface area contributed by atoms with Gasteiger partial charge in [0.2, 0.25) is 0 Å². The van der Waals surface area contributed by atoms with Crippen molar-refractivity contribution in [2.45, 2.75) is 19.9 Å². The van der Waals surface area contributed by atoms with Gasteiger partial charge in [0.25, 0.3) is 0 Å². The van der Waals surface area contributed by atoms with Crippen molar-refractivity contribution in [3.8, 4) is 0 Å². The summed E-state index contributed by atoms with van der Waals surface area (Å²) in [5.41, 5.74) is 6.56. The van der Waals surface area contributed by atoms with Crippen molar-refractivity contribution in [2.24, 2.45) is 5.73 Å². The highest BCUT2D eigenvalue weighted by Crippen LogP contribution is 1.95. The molecule has 0 amide bonds. The molecule has 0 aliphatic heterocycles. The predicted octanol–water partition coefficient (Wildman–Crippen LogP) is 0.540. The molecule has 0 aliphatic rings. The number of rotatable bonds is 3. The van der Waals surface area contributed by atoms with E-state index in [0.29, 0.717) is 0 Å². The molecule has 0 unspecified atom stereocenters. The van der Waals surface area contributed by atoms with E-state index in [9.17, 15) is 0 Å². The van der Waals surface area contributed by atoms with Crippen LogP contribution >= 0.6 is 0 Å². The fraction of sp³-hybridized carbons (Fsp3) is 0.571. The van der Waals surface area contributed by atoms with Gasteiger partial charge in [0.15, 0.2) is 0 Å². The molecule has 1 heterocycles. The van der Waals surface area contributed by atoms with Gasteiger partial charge in [0.05, 0.1) is 0 Å². The molecular formula is C7H13N3. The van der Waals surface area contributed by atoms with Gasteiger partial charge in [-0.1, -0.05) is 0 Å². The van der Waals surface area contributed by atoms with Crippen molar-refractivity contribution in [3.63, 3.8) is 0 Å². The van der Waals surface area contributed by atoms with Gasteiger partial charge in [0.1, 0.15) is 0 Å². The first-order valence-corrected chi connectivity index (χ1v) is 3.53. The zero-order valence-corrected chi connectivity index (χ0v) is 6.25. The summed E-state index contributed by atoms with van der Waals surface area (Å²) in [5.74, 6) is 0. The highest BCUT2D eigenvalue weighted by Gasteiger charge is 1.93. The molecule has 0 aliphatic carbocycles. The number of aryl methyl sites for hydroxylation is 2. The molecule has 2 N–H and O–H groups in total. The molecule has 0 spiro atoms. The molecule has 0 aromatic carbocycles. The van der Waals surface area contributed by atoms with Crippen LogP contribution in [0.4, 0.5) is 0 Å². The molecule has 10 heavy (non-hydrogen) atoms. The molecule has 3 heteroatoms. The fourth-order valence-electron chi connectivity index (χ4n) is 0.874. The van der Waals surface area contributed by atoms with Gasteiger partial charge in [-0.3, -0.25) is 4.68 Å². The maximum absolute atomic E-state index is 5.35. The number of nitrogens with zero attached hydrogens (tertiary/aromatic N) is 2. The summed E-state index contributed by atoms with van der Waals surface area (Å²) in [5, 5.41) is 4.11. The maximum Gasteiger partial charge on any atom is 0.0492 e. The third-order valence-corrected chi connectivity index (χ3v) is 1.50. The Morgan fingerprint density at radius 1 is 1.70 bits per heavy atom. The number of nitrogens with two attached hydrogens (primary N) is 1. The maximum atomic E-state index is 5.35. The molecule has 0 bridgehead atoms. The van der Waals surface area contributed by atoms with Gasteiger partial charge >= 0.3 is 0 Å². The lowest BCUT2D eigenvalue weighted by Crippen LogP contribution is -2.07. The van der Waals surface area contributed by atoms with Crippen LogP contribution in [-0.4, -0.2) is 16.3 Å². The van der Waals surface area contributed by atoms with Crippen molar-refractivity contribution in [2.75, 3.05) is 6.54 Å². The van der Waals surface area contributed by atoms with Crippen LogP contribution in [0.25, 0.3) is 0 Å². The third-order valence-electron chi connectivity index (χ3n) is 1.50. The first kappa shape index (κ1) is 7.28. The SMILES string of the molecule is Cc1ccnn1CCCN. The highest BCUT2D eigenvalue weighted by molar-refractivity contribution is 4.96. The molecule has 3 nitrogen and oxygen atoms in total. The number of hydrogen-bond donors (Lipinski definition) is 1.